The summed E-state index contributed by atoms with van der Waals surface area (Å²) in [6.45, 7) is 3.23. The lowest BCUT2D eigenvalue weighted by molar-refractivity contribution is -0.141. The Labute approximate surface area is 354 Å². The minimum atomic E-state index is -1.38. The summed E-state index contributed by atoms with van der Waals surface area (Å²) in [5, 5.41) is 86.6. The number of carboxylic acids is 8. The lowest BCUT2D eigenvalue weighted by Crippen LogP contribution is -2.34. The van der Waals surface area contributed by atoms with Crippen LogP contribution in [-0.2, 0) is 38.4 Å². The Morgan fingerprint density at radius 2 is 1.27 bits per heavy atom. The molecule has 0 spiro atoms. The van der Waals surface area contributed by atoms with Crippen molar-refractivity contribution in [3.63, 3.8) is 0 Å². The van der Waals surface area contributed by atoms with Crippen LogP contribution >= 0.6 is 0 Å². The molecular formula is C42H52N4O16. The van der Waals surface area contributed by atoms with Gasteiger partial charge in [-0.05, 0) is 73.3 Å². The molecule has 0 aliphatic carbocycles. The highest BCUT2D eigenvalue weighted by Crippen LogP contribution is 2.53. The molecule has 0 aromatic heterocycles. The summed E-state index contributed by atoms with van der Waals surface area (Å²) in [5.41, 5.74) is -1.14. The van der Waals surface area contributed by atoms with E-state index < -0.39 is 145 Å². The zero-order chi connectivity index (χ0) is 45.8. The first-order valence-electron chi connectivity index (χ1n) is 20.3. The van der Waals surface area contributed by atoms with E-state index in [9.17, 15) is 79.2 Å². The van der Waals surface area contributed by atoms with E-state index >= 15 is 0 Å². The Kier molecular flexibility index (Phi) is 14.1. The predicted octanol–water partition coefficient (Wildman–Crippen LogP) is 3.40. The first-order valence-corrected chi connectivity index (χ1v) is 20.3. The van der Waals surface area contributed by atoms with Gasteiger partial charge in [-0.1, -0.05) is 13.8 Å². The van der Waals surface area contributed by atoms with Gasteiger partial charge in [0.05, 0.1) is 43.5 Å². The van der Waals surface area contributed by atoms with Gasteiger partial charge in [0.1, 0.15) is 0 Å². The van der Waals surface area contributed by atoms with Gasteiger partial charge in [0, 0.05) is 77.2 Å². The van der Waals surface area contributed by atoms with Crippen LogP contribution in [0.5, 0.6) is 0 Å². The molecule has 2 fully saturated rings. The highest BCUT2D eigenvalue weighted by molar-refractivity contribution is 6.13. The van der Waals surface area contributed by atoms with Gasteiger partial charge in [0.15, 0.2) is 0 Å². The van der Waals surface area contributed by atoms with Gasteiger partial charge in [-0.15, -0.1) is 0 Å². The molecule has 5 aliphatic rings. The fraction of sp³-hybridized carbons (Fsp3) is 0.571. The zero-order valence-corrected chi connectivity index (χ0v) is 34.2. The normalized spacial score (nSPS) is 32.4. The molecule has 0 radical (unpaired) electrons. The third-order valence-electron chi connectivity index (χ3n) is 13.1. The maximum Gasteiger partial charge on any atom is 0.307 e. The van der Waals surface area contributed by atoms with Crippen molar-refractivity contribution in [3.8, 4) is 0 Å². The second kappa shape index (κ2) is 18.7. The van der Waals surface area contributed by atoms with Crippen LogP contribution in [-0.4, -0.2) is 118 Å². The van der Waals surface area contributed by atoms with Crippen molar-refractivity contribution in [1.29, 1.82) is 0 Å². The van der Waals surface area contributed by atoms with Crippen LogP contribution < -0.4 is 10.6 Å². The molecule has 20 nitrogen and oxygen atoms in total. The van der Waals surface area contributed by atoms with Gasteiger partial charge in [0.2, 0.25) is 0 Å². The number of hydrogen-bond donors (Lipinski definition) is 10. The molecule has 5 rings (SSSR count). The van der Waals surface area contributed by atoms with Crippen molar-refractivity contribution in [2.45, 2.75) is 115 Å². The van der Waals surface area contributed by atoms with Crippen molar-refractivity contribution in [3.05, 3.63) is 46.5 Å². The molecule has 0 saturated carbocycles. The number of hydrogen-bond acceptors (Lipinski definition) is 12. The minimum absolute atomic E-state index is 0.0424. The van der Waals surface area contributed by atoms with E-state index in [1.54, 1.807) is 26.0 Å². The molecule has 0 aromatic rings. The predicted molar refractivity (Wildman–Crippen MR) is 215 cm³/mol. The van der Waals surface area contributed by atoms with Crippen LogP contribution in [0.4, 0.5) is 0 Å². The van der Waals surface area contributed by atoms with Crippen LogP contribution in [0.25, 0.3) is 0 Å². The summed E-state index contributed by atoms with van der Waals surface area (Å²) < 4.78 is 0. The highest BCUT2D eigenvalue weighted by Gasteiger charge is 2.53. The summed E-state index contributed by atoms with van der Waals surface area (Å²) in [7, 11) is 0. The average Bonchev–Trinajstić information content (AvgIpc) is 3.77. The van der Waals surface area contributed by atoms with E-state index in [2.05, 4.69) is 10.6 Å². The molecule has 0 amide bonds. The van der Waals surface area contributed by atoms with Gasteiger partial charge in [-0.3, -0.25) is 48.3 Å². The van der Waals surface area contributed by atoms with Gasteiger partial charge in [-0.2, -0.15) is 0 Å². The lowest BCUT2D eigenvalue weighted by atomic mass is 9.68. The summed E-state index contributed by atoms with van der Waals surface area (Å²) in [6, 6.07) is -2.69. The van der Waals surface area contributed by atoms with Crippen LogP contribution in [0.3, 0.4) is 0 Å². The van der Waals surface area contributed by atoms with Crippen LogP contribution in [0.1, 0.15) is 97.3 Å². The number of allylic oxidation sites excluding steroid dienone is 5. The van der Waals surface area contributed by atoms with E-state index in [0.29, 0.717) is 11.3 Å². The molecule has 0 aromatic carbocycles. The van der Waals surface area contributed by atoms with E-state index in [4.69, 9.17) is 9.98 Å². The van der Waals surface area contributed by atoms with Gasteiger partial charge >= 0.3 is 47.8 Å². The van der Waals surface area contributed by atoms with Gasteiger partial charge in [-0.25, -0.2) is 0 Å². The Morgan fingerprint density at radius 1 is 0.677 bits per heavy atom. The quantitative estimate of drug-likeness (QED) is 0.0838. The molecule has 2 saturated heterocycles. The number of aliphatic carboxylic acids is 8. The number of rotatable bonds is 20. The second-order valence-corrected chi connectivity index (χ2v) is 17.2. The number of nitrogens with one attached hydrogen (secondary N) is 2. The van der Waals surface area contributed by atoms with Crippen molar-refractivity contribution in [2.75, 3.05) is 0 Å². The van der Waals surface area contributed by atoms with Crippen molar-refractivity contribution < 1.29 is 79.2 Å². The van der Waals surface area contributed by atoms with E-state index in [0.717, 1.165) is 0 Å². The molecule has 8 bridgehead atoms. The fourth-order valence-electron chi connectivity index (χ4n) is 10.3. The van der Waals surface area contributed by atoms with Gasteiger partial charge < -0.3 is 51.5 Å². The number of aliphatic imine (C=N–C) groups is 2. The minimum Gasteiger partial charge on any atom is -0.481 e. The molecule has 5 heterocycles. The van der Waals surface area contributed by atoms with E-state index in [-0.39, 0.29) is 66.9 Å². The third kappa shape index (κ3) is 10.4. The molecule has 20 heteroatoms. The highest BCUT2D eigenvalue weighted by atomic mass is 16.4. The summed E-state index contributed by atoms with van der Waals surface area (Å²) in [5.74, 6) is -13.0. The third-order valence-corrected chi connectivity index (χ3v) is 13.1. The van der Waals surface area contributed by atoms with Crippen LogP contribution in [0.15, 0.2) is 56.5 Å². The molecular weight excluding hydrogens is 816 g/mol. The van der Waals surface area contributed by atoms with E-state index in [1.807, 2.05) is 0 Å². The topological polar surface area (TPSA) is 347 Å². The molecule has 62 heavy (non-hydrogen) atoms. The molecule has 9 atom stereocenters. The number of carbonyl (C=O) groups is 8. The smallest absolute Gasteiger partial charge is 0.307 e. The SMILES string of the molecule is C[C@@]1(CC(=O)O)/C2=C/C3N/C(=C\C4=N[C@@H](C[C@H]5N=C(/C=C(\N2)[C@H]1CCC(=O)O)[C@@H](CC(=O)O)[C@@H]5CCC(=O)O)C(CCC(=O)O)=C4CC(=O)O)[C@@](C)(CC(=O)O)[C@@H]3CCC(=O)O. The van der Waals surface area contributed by atoms with Crippen LogP contribution in [0.2, 0.25) is 0 Å². The number of nitrogens with zero attached hydrogens (tertiary/aromatic N) is 2. The largest absolute Gasteiger partial charge is 0.481 e. The lowest BCUT2D eigenvalue weighted by Gasteiger charge is -2.33. The average molecular weight is 869 g/mol. The number of carboxylic acid groups (broad SMARTS) is 8. The Hall–Kier alpha value is -6.34. The molecule has 336 valence electrons. The zero-order valence-electron chi connectivity index (χ0n) is 34.2. The summed E-state index contributed by atoms with van der Waals surface area (Å²) in [4.78, 5) is 108. The maximum atomic E-state index is 12.6. The number of fused-ring (bicyclic) bond motifs is 6. The monoisotopic (exact) mass is 868 g/mol. The maximum absolute atomic E-state index is 12.6. The summed E-state index contributed by atoms with van der Waals surface area (Å²) >= 11 is 0. The standard InChI is InChI=1S/C42H52N4O16/c1-41(17-39(59)60)23(5-9-35(51)52)29-14-27-21(11-37(55)56)19(3-7-33(47)48)25(43-27)13-26-20(4-8-34(49)50)22(12-38(57)58)28(44-26)15-31-42(2,18-40(61)62)24(6-10-36(53)54)30(46-31)16-32(41)45-29/h14-16,19,21,23-26,30,45-46H,3-13,17-18H2,1-2H3,(H,47,48)(H,49,50)(H,51,52)(H,53,54)(H,55,56)(H,57,58)(H,59,60)(H,61,62)/b29-14-,31-15-,32-16-/t19-,21-,23+,24+,25+,26-,30?,41-,42-/m0/s1. The van der Waals surface area contributed by atoms with Crippen molar-refractivity contribution in [1.82, 2.24) is 10.6 Å². The van der Waals surface area contributed by atoms with Crippen molar-refractivity contribution in [2.24, 2.45) is 44.5 Å². The molecule has 10 N–H and O–H groups in total. The Bertz CT molecular complexity index is 2120. The van der Waals surface area contributed by atoms with Gasteiger partial charge in [0.25, 0.3) is 0 Å². The molecule has 1 unspecified atom stereocenters. The first-order chi connectivity index (χ1) is 29.0. The van der Waals surface area contributed by atoms with Crippen molar-refractivity contribution >= 4 is 59.2 Å². The second-order valence-electron chi connectivity index (χ2n) is 17.2. The summed E-state index contributed by atoms with van der Waals surface area (Å²) in [6.07, 6.45) is 0.425. The Morgan fingerprint density at radius 3 is 1.85 bits per heavy atom. The van der Waals surface area contributed by atoms with E-state index in [1.165, 1.54) is 6.08 Å². The Balaban J connectivity index is 1.87. The first kappa shape index (κ1) is 46.7. The fourth-order valence-corrected chi connectivity index (χ4v) is 10.3. The molecule has 5 aliphatic heterocycles. The van der Waals surface area contributed by atoms with Crippen LogP contribution in [0, 0.1) is 34.5 Å².